The summed E-state index contributed by atoms with van der Waals surface area (Å²) in [6.45, 7) is 4.51. The molecule has 2 aliphatic rings. The molecule has 2 aliphatic heterocycles. The highest BCUT2D eigenvalue weighted by molar-refractivity contribution is 9.10. The summed E-state index contributed by atoms with van der Waals surface area (Å²) < 4.78 is 51.3. The van der Waals surface area contributed by atoms with Gasteiger partial charge in [-0.25, -0.2) is 9.78 Å². The minimum atomic E-state index is -4.47. The maximum Gasteiger partial charge on any atom is 0.405 e. The molecule has 2 amide bonds. The summed E-state index contributed by atoms with van der Waals surface area (Å²) in [7, 11) is 0. The molecule has 7 rings (SSSR count). The molecule has 2 unspecified atom stereocenters. The van der Waals surface area contributed by atoms with Crippen LogP contribution in [-0.2, 0) is 20.7 Å². The predicted molar refractivity (Wildman–Crippen MR) is 179 cm³/mol. The number of imidazole rings is 1. The van der Waals surface area contributed by atoms with Crippen LogP contribution in [-0.4, -0.2) is 41.4 Å². The van der Waals surface area contributed by atoms with Crippen LogP contribution >= 0.6 is 15.9 Å². The standard InChI is InChI=1S/C26H23F3N4O2.C10H11BrO/c1-25(9-11-35-25)20-6-2-4-17(12-20)18-8-10-33-22(15-30-23(33)14-18)19-5-3-7-21(13-19)32-24(34)31-16-26(27,28)29;1-10(5-6-12-10)8-3-2-4-9(11)7-8/h2-8,10,12-15H,9,11,16H2,1H3,(H2,31,32,34);2-4,7H,5-6H2,1H3. The van der Waals surface area contributed by atoms with Gasteiger partial charge in [0, 0.05) is 34.8 Å². The smallest absolute Gasteiger partial charge is 0.370 e. The van der Waals surface area contributed by atoms with E-state index in [-0.39, 0.29) is 11.2 Å². The van der Waals surface area contributed by atoms with Crippen molar-refractivity contribution in [1.82, 2.24) is 14.7 Å². The summed E-state index contributed by atoms with van der Waals surface area (Å²) in [6, 6.07) is 26.6. The fourth-order valence-electron chi connectivity index (χ4n) is 5.60. The fourth-order valence-corrected chi connectivity index (χ4v) is 6.00. The van der Waals surface area contributed by atoms with E-state index >= 15 is 0 Å². The Balaban J connectivity index is 0.000000269. The van der Waals surface area contributed by atoms with E-state index in [0.29, 0.717) is 5.69 Å². The van der Waals surface area contributed by atoms with E-state index in [1.54, 1.807) is 29.7 Å². The van der Waals surface area contributed by atoms with Gasteiger partial charge in [-0.15, -0.1) is 0 Å². The number of pyridine rings is 1. The van der Waals surface area contributed by atoms with Gasteiger partial charge in [-0.1, -0.05) is 58.4 Å². The normalized spacial score (nSPS) is 20.4. The number of nitrogens with one attached hydrogen (secondary N) is 2. The van der Waals surface area contributed by atoms with Crippen molar-refractivity contribution in [2.75, 3.05) is 25.1 Å². The molecule has 2 aromatic heterocycles. The zero-order valence-electron chi connectivity index (χ0n) is 25.9. The van der Waals surface area contributed by atoms with Gasteiger partial charge in [0.15, 0.2) is 0 Å². The molecule has 0 saturated carbocycles. The molecular formula is C36H34BrF3N4O3. The van der Waals surface area contributed by atoms with Crippen LogP contribution < -0.4 is 10.6 Å². The molecule has 0 radical (unpaired) electrons. The van der Waals surface area contributed by atoms with Crippen molar-refractivity contribution in [3.8, 4) is 22.4 Å². The lowest BCUT2D eigenvalue weighted by molar-refractivity contribution is -0.140. The molecule has 244 valence electrons. The molecule has 2 fully saturated rings. The lowest BCUT2D eigenvalue weighted by Gasteiger charge is -2.39. The second kappa shape index (κ2) is 13.1. The molecule has 2 atom stereocenters. The lowest BCUT2D eigenvalue weighted by Crippen LogP contribution is -2.37. The SMILES string of the molecule is CC1(c2cccc(-c3ccn4c(-c5cccc(NC(=O)NCC(F)(F)F)c5)cnc4c3)c2)CCO1.CC1(c2cccc(Br)c2)CCO1. The Bertz CT molecular complexity index is 1900. The third kappa shape index (κ3) is 7.53. The number of amides is 2. The molecule has 4 heterocycles. The average Bonchev–Trinajstić information content (AvgIpc) is 3.45. The van der Waals surface area contributed by atoms with E-state index in [1.165, 1.54) is 5.56 Å². The molecule has 7 nitrogen and oxygen atoms in total. The van der Waals surface area contributed by atoms with Gasteiger partial charge in [0.25, 0.3) is 0 Å². The highest BCUT2D eigenvalue weighted by Gasteiger charge is 2.35. The first-order chi connectivity index (χ1) is 22.4. The molecule has 2 N–H and O–H groups in total. The number of urea groups is 1. The number of benzene rings is 3. The molecule has 3 aromatic carbocycles. The number of carbonyl (C=O) groups is 1. The second-order valence-corrected chi connectivity index (χ2v) is 13.0. The Labute approximate surface area is 279 Å². The number of anilines is 1. The van der Waals surface area contributed by atoms with Crippen molar-refractivity contribution in [3.63, 3.8) is 0 Å². The third-order valence-electron chi connectivity index (χ3n) is 8.62. The maximum atomic E-state index is 12.3. The van der Waals surface area contributed by atoms with Crippen LogP contribution in [0, 0.1) is 0 Å². The zero-order valence-corrected chi connectivity index (χ0v) is 27.5. The van der Waals surface area contributed by atoms with Crippen LogP contribution in [0.4, 0.5) is 23.7 Å². The number of carbonyl (C=O) groups excluding carboxylic acids is 1. The van der Waals surface area contributed by atoms with Gasteiger partial charge in [-0.3, -0.25) is 4.40 Å². The summed E-state index contributed by atoms with van der Waals surface area (Å²) in [4.78, 5) is 16.3. The first-order valence-electron chi connectivity index (χ1n) is 15.2. The van der Waals surface area contributed by atoms with E-state index in [9.17, 15) is 18.0 Å². The number of halogens is 4. The molecule has 2 saturated heterocycles. The van der Waals surface area contributed by atoms with Gasteiger partial charge >= 0.3 is 12.2 Å². The molecule has 11 heteroatoms. The van der Waals surface area contributed by atoms with Crippen LogP contribution in [0.5, 0.6) is 0 Å². The van der Waals surface area contributed by atoms with E-state index in [2.05, 4.69) is 70.4 Å². The summed E-state index contributed by atoms with van der Waals surface area (Å²) in [6.07, 6.45) is 1.30. The average molecular weight is 708 g/mol. The zero-order chi connectivity index (χ0) is 33.2. The summed E-state index contributed by atoms with van der Waals surface area (Å²) in [5, 5.41) is 4.23. The highest BCUT2D eigenvalue weighted by atomic mass is 79.9. The van der Waals surface area contributed by atoms with Crippen molar-refractivity contribution in [2.24, 2.45) is 0 Å². The minimum Gasteiger partial charge on any atom is -0.370 e. The van der Waals surface area contributed by atoms with Crippen LogP contribution in [0.2, 0.25) is 0 Å². The highest BCUT2D eigenvalue weighted by Crippen LogP contribution is 2.39. The van der Waals surface area contributed by atoms with Gasteiger partial charge in [0.1, 0.15) is 12.2 Å². The molecule has 0 aliphatic carbocycles. The number of nitrogens with zero attached hydrogens (tertiary/aromatic N) is 2. The minimum absolute atomic E-state index is 0.0240. The lowest BCUT2D eigenvalue weighted by atomic mass is 9.87. The van der Waals surface area contributed by atoms with Crippen molar-refractivity contribution < 1.29 is 27.4 Å². The monoisotopic (exact) mass is 706 g/mol. The quantitative estimate of drug-likeness (QED) is 0.185. The van der Waals surface area contributed by atoms with Crippen LogP contribution in [0.3, 0.4) is 0 Å². The molecule has 47 heavy (non-hydrogen) atoms. The molecule has 0 spiro atoms. The third-order valence-corrected chi connectivity index (χ3v) is 9.11. The van der Waals surface area contributed by atoms with E-state index < -0.39 is 18.8 Å². The van der Waals surface area contributed by atoms with Crippen LogP contribution in [0.1, 0.15) is 37.8 Å². The number of rotatable bonds is 6. The van der Waals surface area contributed by atoms with E-state index in [0.717, 1.165) is 64.1 Å². The van der Waals surface area contributed by atoms with Crippen LogP contribution in [0.15, 0.2) is 102 Å². The van der Waals surface area contributed by atoms with Crippen LogP contribution in [0.25, 0.3) is 28.0 Å². The summed E-state index contributed by atoms with van der Waals surface area (Å²) >= 11 is 3.45. The van der Waals surface area contributed by atoms with Crippen molar-refractivity contribution >= 4 is 33.3 Å². The number of fused-ring (bicyclic) bond motifs is 1. The Morgan fingerprint density at radius 3 is 2.13 bits per heavy atom. The van der Waals surface area contributed by atoms with Gasteiger partial charge in [0.2, 0.25) is 0 Å². The Kier molecular flexibility index (Phi) is 9.15. The van der Waals surface area contributed by atoms with Gasteiger partial charge in [-0.05, 0) is 78.6 Å². The van der Waals surface area contributed by atoms with Gasteiger partial charge < -0.3 is 20.1 Å². The summed E-state index contributed by atoms with van der Waals surface area (Å²) in [5.74, 6) is 0. The molecule has 5 aromatic rings. The predicted octanol–water partition coefficient (Wildman–Crippen LogP) is 9.07. The van der Waals surface area contributed by atoms with Crippen molar-refractivity contribution in [3.05, 3.63) is 113 Å². The Hall–Kier alpha value is -4.19. The maximum absolute atomic E-state index is 12.3. The second-order valence-electron chi connectivity index (χ2n) is 12.0. The molecule has 0 bridgehead atoms. The van der Waals surface area contributed by atoms with E-state index in [1.807, 2.05) is 47.0 Å². The summed E-state index contributed by atoms with van der Waals surface area (Å²) in [5.41, 5.74) is 6.92. The number of hydrogen-bond acceptors (Lipinski definition) is 4. The van der Waals surface area contributed by atoms with E-state index in [4.69, 9.17) is 9.47 Å². The number of aromatic nitrogens is 2. The van der Waals surface area contributed by atoms with Gasteiger partial charge in [-0.2, -0.15) is 13.2 Å². The first-order valence-corrected chi connectivity index (χ1v) is 16.0. The Morgan fingerprint density at radius 2 is 1.49 bits per heavy atom. The fraction of sp³-hybridized carbons (Fsp3) is 0.278. The molecular weight excluding hydrogens is 673 g/mol. The Morgan fingerprint density at radius 1 is 0.872 bits per heavy atom. The van der Waals surface area contributed by atoms with Crippen molar-refractivity contribution in [2.45, 2.75) is 44.1 Å². The number of ether oxygens (including phenoxy) is 2. The first kappa shape index (κ1) is 32.7. The van der Waals surface area contributed by atoms with Crippen molar-refractivity contribution in [1.29, 1.82) is 0 Å². The number of hydrogen-bond donors (Lipinski definition) is 2. The van der Waals surface area contributed by atoms with Gasteiger partial charge in [0.05, 0.1) is 36.3 Å². The number of alkyl halides is 3. The largest absolute Gasteiger partial charge is 0.405 e. The topological polar surface area (TPSA) is 76.9 Å².